The van der Waals surface area contributed by atoms with Gasteiger partial charge < -0.3 is 37.0 Å². The summed E-state index contributed by atoms with van der Waals surface area (Å²) >= 11 is 0. The molecular weight excluding hydrogens is 400 g/mol. The van der Waals surface area contributed by atoms with Crippen molar-refractivity contribution in [1.82, 2.24) is 16.0 Å². The largest absolute Gasteiger partial charge is 0.508 e. The van der Waals surface area contributed by atoms with Gasteiger partial charge in [-0.1, -0.05) is 12.1 Å². The first-order valence-corrected chi connectivity index (χ1v) is 8.91. The van der Waals surface area contributed by atoms with Crippen LogP contribution in [0.5, 0.6) is 5.75 Å². The topological polar surface area (TPSA) is 208 Å². The number of carbonyl (C=O) groups excluding carboxylic acids is 3. The van der Waals surface area contributed by atoms with Gasteiger partial charge in [0.2, 0.25) is 17.7 Å². The fourth-order valence-electron chi connectivity index (χ4n) is 2.39. The number of carbonyl (C=O) groups is 5. The Morgan fingerprint density at radius 2 is 1.53 bits per heavy atom. The summed E-state index contributed by atoms with van der Waals surface area (Å²) in [6.45, 7) is -0.941. The number of phenolic OH excluding ortho intramolecular Hbond substituents is 1. The summed E-state index contributed by atoms with van der Waals surface area (Å²) in [4.78, 5) is 57.6. The van der Waals surface area contributed by atoms with Gasteiger partial charge in [0.1, 0.15) is 17.8 Å². The second-order valence-corrected chi connectivity index (χ2v) is 6.30. The summed E-state index contributed by atoms with van der Waals surface area (Å²) in [5, 5.41) is 33.8. The number of benzene rings is 1. The fraction of sp³-hybridized carbons (Fsp3) is 0.389. The van der Waals surface area contributed by atoms with Crippen molar-refractivity contribution in [1.29, 1.82) is 0 Å². The Bertz CT molecular complexity index is 781. The zero-order valence-electron chi connectivity index (χ0n) is 16.0. The van der Waals surface area contributed by atoms with E-state index in [-0.39, 0.29) is 25.1 Å². The minimum Gasteiger partial charge on any atom is -0.508 e. The van der Waals surface area contributed by atoms with Crippen molar-refractivity contribution in [3.63, 3.8) is 0 Å². The Morgan fingerprint density at radius 3 is 2.07 bits per heavy atom. The van der Waals surface area contributed by atoms with Crippen molar-refractivity contribution in [3.05, 3.63) is 29.8 Å². The standard InChI is InChI=1S/C18H24N4O8/c19-8-14(24)22-13(7-10-1-3-11(23)4-2-10)17(28)20-9-15(25)21-12(18(29)30)5-6-16(26)27/h1-4,12-13,23H,5-9,19H2,(H,20,28)(H,21,25)(H,22,24)(H,26,27)(H,29,30). The molecule has 164 valence electrons. The number of aliphatic carboxylic acids is 2. The number of aromatic hydroxyl groups is 1. The third kappa shape index (κ3) is 9.01. The molecule has 0 aliphatic rings. The molecule has 3 amide bonds. The number of nitrogens with two attached hydrogens (primary N) is 1. The molecule has 8 N–H and O–H groups in total. The molecule has 0 saturated heterocycles. The number of hydrogen-bond acceptors (Lipinski definition) is 7. The van der Waals surface area contributed by atoms with Crippen molar-refractivity contribution >= 4 is 29.7 Å². The van der Waals surface area contributed by atoms with E-state index in [9.17, 15) is 29.1 Å². The summed E-state index contributed by atoms with van der Waals surface area (Å²) in [5.74, 6) is -4.74. The minimum absolute atomic E-state index is 0.0262. The lowest BCUT2D eigenvalue weighted by molar-refractivity contribution is -0.143. The molecule has 1 aromatic rings. The highest BCUT2D eigenvalue weighted by Gasteiger charge is 2.24. The zero-order chi connectivity index (χ0) is 22.7. The maximum absolute atomic E-state index is 12.4. The molecule has 12 heteroatoms. The van der Waals surface area contributed by atoms with E-state index < -0.39 is 54.7 Å². The van der Waals surface area contributed by atoms with Gasteiger partial charge in [0.05, 0.1) is 13.1 Å². The number of carboxylic acids is 2. The summed E-state index contributed by atoms with van der Waals surface area (Å²) in [6, 6.07) is 3.43. The van der Waals surface area contributed by atoms with Crippen LogP contribution in [0.1, 0.15) is 18.4 Å². The number of carboxylic acid groups (broad SMARTS) is 2. The van der Waals surface area contributed by atoms with E-state index in [4.69, 9.17) is 15.9 Å². The van der Waals surface area contributed by atoms with Crippen LogP contribution in [0.4, 0.5) is 0 Å². The Kier molecular flexibility index (Phi) is 9.76. The van der Waals surface area contributed by atoms with Gasteiger partial charge in [-0.15, -0.1) is 0 Å². The van der Waals surface area contributed by atoms with Gasteiger partial charge in [0.15, 0.2) is 0 Å². The summed E-state index contributed by atoms with van der Waals surface area (Å²) in [6.07, 6.45) is -0.723. The first-order valence-electron chi connectivity index (χ1n) is 8.91. The highest BCUT2D eigenvalue weighted by Crippen LogP contribution is 2.11. The molecule has 0 aliphatic heterocycles. The van der Waals surface area contributed by atoms with Gasteiger partial charge in [0.25, 0.3) is 0 Å². The monoisotopic (exact) mass is 424 g/mol. The molecule has 1 aromatic carbocycles. The quantitative estimate of drug-likeness (QED) is 0.196. The molecular formula is C18H24N4O8. The highest BCUT2D eigenvalue weighted by molar-refractivity contribution is 5.92. The van der Waals surface area contributed by atoms with Crippen LogP contribution in [0.15, 0.2) is 24.3 Å². The first kappa shape index (κ1) is 24.4. The number of nitrogens with one attached hydrogen (secondary N) is 3. The van der Waals surface area contributed by atoms with E-state index >= 15 is 0 Å². The smallest absolute Gasteiger partial charge is 0.326 e. The van der Waals surface area contributed by atoms with Crippen LogP contribution < -0.4 is 21.7 Å². The van der Waals surface area contributed by atoms with Crippen molar-refractivity contribution in [2.45, 2.75) is 31.3 Å². The van der Waals surface area contributed by atoms with Gasteiger partial charge in [0, 0.05) is 12.8 Å². The molecule has 0 radical (unpaired) electrons. The Hall–Kier alpha value is -3.67. The molecule has 0 fully saturated rings. The maximum atomic E-state index is 12.4. The molecule has 1 rings (SSSR count). The number of hydrogen-bond donors (Lipinski definition) is 7. The van der Waals surface area contributed by atoms with Crippen molar-refractivity contribution in [3.8, 4) is 5.75 Å². The predicted octanol–water partition coefficient (Wildman–Crippen LogP) is -2.07. The van der Waals surface area contributed by atoms with Crippen LogP contribution in [0, 0.1) is 0 Å². The molecule has 0 aliphatic carbocycles. The molecule has 30 heavy (non-hydrogen) atoms. The SMILES string of the molecule is NCC(=O)NC(Cc1ccc(O)cc1)C(=O)NCC(=O)NC(CCC(=O)O)C(=O)O. The van der Waals surface area contributed by atoms with E-state index in [1.807, 2.05) is 0 Å². The van der Waals surface area contributed by atoms with Crippen LogP contribution in [-0.2, 0) is 30.4 Å². The van der Waals surface area contributed by atoms with E-state index in [2.05, 4.69) is 16.0 Å². The lowest BCUT2D eigenvalue weighted by Crippen LogP contribution is -2.52. The highest BCUT2D eigenvalue weighted by atomic mass is 16.4. The Labute approximate surface area is 171 Å². The first-order chi connectivity index (χ1) is 14.1. The average Bonchev–Trinajstić information content (AvgIpc) is 2.69. The van der Waals surface area contributed by atoms with Crippen molar-refractivity contribution in [2.75, 3.05) is 13.1 Å². The lowest BCUT2D eigenvalue weighted by Gasteiger charge is -2.19. The molecule has 2 atom stereocenters. The van der Waals surface area contributed by atoms with Crippen LogP contribution in [0.3, 0.4) is 0 Å². The van der Waals surface area contributed by atoms with Gasteiger partial charge in [-0.2, -0.15) is 0 Å². The van der Waals surface area contributed by atoms with E-state index in [0.717, 1.165) is 0 Å². The summed E-state index contributed by atoms with van der Waals surface area (Å²) < 4.78 is 0. The molecule has 0 heterocycles. The van der Waals surface area contributed by atoms with E-state index in [1.165, 1.54) is 12.1 Å². The van der Waals surface area contributed by atoms with Gasteiger partial charge >= 0.3 is 11.9 Å². The summed E-state index contributed by atoms with van der Waals surface area (Å²) in [5.41, 5.74) is 5.87. The molecule has 0 bridgehead atoms. The minimum atomic E-state index is -1.42. The molecule has 12 nitrogen and oxygen atoms in total. The van der Waals surface area contributed by atoms with Crippen molar-refractivity contribution < 1.29 is 39.3 Å². The molecule has 0 spiro atoms. The molecule has 2 unspecified atom stereocenters. The van der Waals surface area contributed by atoms with Gasteiger partial charge in [-0.25, -0.2) is 4.79 Å². The van der Waals surface area contributed by atoms with Crippen molar-refractivity contribution in [2.24, 2.45) is 5.73 Å². The summed E-state index contributed by atoms with van der Waals surface area (Å²) in [7, 11) is 0. The third-order valence-corrected chi connectivity index (χ3v) is 3.92. The Morgan fingerprint density at radius 1 is 0.933 bits per heavy atom. The van der Waals surface area contributed by atoms with E-state index in [0.29, 0.717) is 5.56 Å². The lowest BCUT2D eigenvalue weighted by atomic mass is 10.0. The zero-order valence-corrected chi connectivity index (χ0v) is 16.0. The van der Waals surface area contributed by atoms with E-state index in [1.54, 1.807) is 12.1 Å². The average molecular weight is 424 g/mol. The molecule has 0 saturated carbocycles. The second kappa shape index (κ2) is 12.0. The van der Waals surface area contributed by atoms with Gasteiger partial charge in [-0.05, 0) is 24.1 Å². The molecule has 0 aromatic heterocycles. The maximum Gasteiger partial charge on any atom is 0.326 e. The van der Waals surface area contributed by atoms with Crippen LogP contribution in [0.2, 0.25) is 0 Å². The van der Waals surface area contributed by atoms with Crippen LogP contribution >= 0.6 is 0 Å². The Balaban J connectivity index is 2.69. The van der Waals surface area contributed by atoms with Crippen LogP contribution in [-0.4, -0.2) is 70.2 Å². The number of phenols is 1. The second-order valence-electron chi connectivity index (χ2n) is 6.30. The number of rotatable bonds is 12. The normalized spacial score (nSPS) is 12.3. The third-order valence-electron chi connectivity index (χ3n) is 3.92. The van der Waals surface area contributed by atoms with Gasteiger partial charge in [-0.3, -0.25) is 19.2 Å². The van der Waals surface area contributed by atoms with Crippen LogP contribution in [0.25, 0.3) is 0 Å². The predicted molar refractivity (Wildman–Crippen MR) is 102 cm³/mol. The number of amides is 3. The fourth-order valence-corrected chi connectivity index (χ4v) is 2.39.